The zero-order valence-corrected chi connectivity index (χ0v) is 18.4. The van der Waals surface area contributed by atoms with Gasteiger partial charge in [0.25, 0.3) is 0 Å². The van der Waals surface area contributed by atoms with E-state index in [0.717, 1.165) is 28.1 Å². The third-order valence-corrected chi connectivity index (χ3v) is 5.27. The highest BCUT2D eigenvalue weighted by atomic mass is 16.3. The molecule has 3 rings (SSSR count). The summed E-state index contributed by atoms with van der Waals surface area (Å²) < 4.78 is 1.92. The first-order chi connectivity index (χ1) is 14.2. The number of hydrogen-bond donors (Lipinski definition) is 2. The average Bonchev–Trinajstić information content (AvgIpc) is 3.10. The normalized spacial score (nSPS) is 12.6. The molecule has 0 aliphatic heterocycles. The van der Waals surface area contributed by atoms with Crippen LogP contribution >= 0.6 is 0 Å². The summed E-state index contributed by atoms with van der Waals surface area (Å²) in [5.41, 5.74) is 6.11. The van der Waals surface area contributed by atoms with Crippen LogP contribution in [0.25, 0.3) is 5.69 Å². The van der Waals surface area contributed by atoms with E-state index in [1.54, 1.807) is 0 Å². The number of carbonyl (C=O) groups excluding carboxylic acids is 1. The van der Waals surface area contributed by atoms with Gasteiger partial charge in [-0.05, 0) is 42.0 Å². The first kappa shape index (κ1) is 21.8. The van der Waals surface area contributed by atoms with Crippen molar-refractivity contribution in [1.29, 1.82) is 0 Å². The summed E-state index contributed by atoms with van der Waals surface area (Å²) >= 11 is 0. The minimum atomic E-state index is -0.536. The second kappa shape index (κ2) is 8.84. The summed E-state index contributed by atoms with van der Waals surface area (Å²) in [6, 6.07) is 16.2. The summed E-state index contributed by atoms with van der Waals surface area (Å²) in [5.74, 6) is -0.389. The maximum Gasteiger partial charge on any atom is 0.246 e. The number of rotatable bonds is 6. The van der Waals surface area contributed by atoms with Gasteiger partial charge in [-0.2, -0.15) is 5.10 Å². The van der Waals surface area contributed by atoms with Crippen LogP contribution in [0, 0.1) is 19.3 Å². The van der Waals surface area contributed by atoms with Gasteiger partial charge in [0.2, 0.25) is 5.91 Å². The van der Waals surface area contributed by atoms with Crippen LogP contribution < -0.4 is 5.32 Å². The monoisotopic (exact) mass is 405 g/mol. The Morgan fingerprint density at radius 3 is 2.47 bits per heavy atom. The van der Waals surface area contributed by atoms with Gasteiger partial charge in [0.05, 0.1) is 17.4 Å². The first-order valence-electron chi connectivity index (χ1n) is 10.3. The maximum atomic E-state index is 12.1. The van der Waals surface area contributed by atoms with Crippen molar-refractivity contribution in [2.75, 3.05) is 6.61 Å². The molecule has 0 spiro atoms. The minimum absolute atomic E-state index is 0.258. The van der Waals surface area contributed by atoms with E-state index in [9.17, 15) is 9.90 Å². The number of nitrogens with zero attached hydrogens (tertiary/aromatic N) is 2. The largest absolute Gasteiger partial charge is 0.387 e. The van der Waals surface area contributed by atoms with Gasteiger partial charge in [-0.1, -0.05) is 63.2 Å². The second-order valence-corrected chi connectivity index (χ2v) is 8.95. The molecule has 2 N–H and O–H groups in total. The lowest BCUT2D eigenvalue weighted by atomic mass is 9.81. The molecule has 158 valence electrons. The van der Waals surface area contributed by atoms with E-state index >= 15 is 0 Å². The lowest BCUT2D eigenvalue weighted by Gasteiger charge is -2.31. The van der Waals surface area contributed by atoms with E-state index in [2.05, 4.69) is 70.3 Å². The molecule has 1 amide bonds. The highest BCUT2D eigenvalue weighted by Gasteiger charge is 2.31. The lowest BCUT2D eigenvalue weighted by molar-refractivity contribution is -0.125. The molecule has 5 nitrogen and oxygen atoms in total. The molecule has 0 unspecified atom stereocenters. The fourth-order valence-corrected chi connectivity index (χ4v) is 3.65. The van der Waals surface area contributed by atoms with Crippen molar-refractivity contribution in [2.45, 2.75) is 47.1 Å². The number of aliphatic hydroxyl groups excluding tert-OH is 1. The lowest BCUT2D eigenvalue weighted by Crippen LogP contribution is -2.38. The van der Waals surface area contributed by atoms with Gasteiger partial charge in [-0.25, -0.2) is 4.68 Å². The molecule has 0 aliphatic rings. The van der Waals surface area contributed by atoms with E-state index in [-0.39, 0.29) is 17.4 Å². The van der Waals surface area contributed by atoms with Crippen molar-refractivity contribution in [3.05, 3.63) is 82.7 Å². The zero-order chi connectivity index (χ0) is 21.9. The van der Waals surface area contributed by atoms with Crippen LogP contribution in [0.2, 0.25) is 0 Å². The van der Waals surface area contributed by atoms with Crippen LogP contribution in [-0.2, 0) is 11.2 Å². The van der Waals surface area contributed by atoms with Crippen LogP contribution in [0.1, 0.15) is 54.8 Å². The Morgan fingerprint density at radius 2 is 1.83 bits per heavy atom. The number of aromatic nitrogens is 2. The number of aryl methyl sites for hydroxylation is 2. The predicted molar refractivity (Wildman–Crippen MR) is 120 cm³/mol. The van der Waals surface area contributed by atoms with Crippen molar-refractivity contribution >= 4 is 5.91 Å². The number of aliphatic hydroxyl groups is 1. The summed E-state index contributed by atoms with van der Waals surface area (Å²) in [6.07, 6.45) is 2.68. The van der Waals surface area contributed by atoms with Crippen LogP contribution in [-0.4, -0.2) is 27.4 Å². The van der Waals surface area contributed by atoms with Crippen molar-refractivity contribution in [3.63, 3.8) is 0 Å². The molecule has 0 aliphatic carbocycles. The predicted octanol–water partition coefficient (Wildman–Crippen LogP) is 4.28. The summed E-state index contributed by atoms with van der Waals surface area (Å²) in [4.78, 5) is 12.1. The molecule has 0 fully saturated rings. The Bertz CT molecular complexity index is 1020. The topological polar surface area (TPSA) is 67.2 Å². The molecule has 5 heteroatoms. The van der Waals surface area contributed by atoms with Gasteiger partial charge in [-0.15, -0.1) is 0 Å². The fourth-order valence-electron chi connectivity index (χ4n) is 3.65. The number of carbonyl (C=O) groups is 1. The molecule has 1 heterocycles. The molecular formula is C25H31N3O2. The fraction of sp³-hybridized carbons (Fsp3) is 0.360. The summed E-state index contributed by atoms with van der Waals surface area (Å²) in [5, 5.41) is 17.3. The quantitative estimate of drug-likeness (QED) is 0.643. The van der Waals surface area contributed by atoms with Crippen molar-refractivity contribution in [3.8, 4) is 5.69 Å². The third-order valence-electron chi connectivity index (χ3n) is 5.27. The molecule has 2 aromatic carbocycles. The van der Waals surface area contributed by atoms with Gasteiger partial charge in [0, 0.05) is 18.2 Å². The van der Waals surface area contributed by atoms with Crippen molar-refractivity contribution in [1.82, 2.24) is 15.1 Å². The molecule has 0 saturated carbocycles. The minimum Gasteiger partial charge on any atom is -0.387 e. The SMILES string of the molecule is Cc1ccc(C)c(-n2cc([C@H](NC(=O)CO)C(C)(C)C)c(Cc3ccccc3)n2)c1. The van der Waals surface area contributed by atoms with E-state index in [1.165, 1.54) is 5.56 Å². The van der Waals surface area contributed by atoms with Crippen molar-refractivity contribution in [2.24, 2.45) is 5.41 Å². The van der Waals surface area contributed by atoms with E-state index < -0.39 is 6.61 Å². The molecule has 3 aromatic rings. The number of nitrogens with one attached hydrogen (secondary N) is 1. The number of benzene rings is 2. The van der Waals surface area contributed by atoms with E-state index in [0.29, 0.717) is 6.42 Å². The van der Waals surface area contributed by atoms with E-state index in [4.69, 9.17) is 5.10 Å². The number of amides is 1. The van der Waals surface area contributed by atoms with Gasteiger partial charge in [0.15, 0.2) is 0 Å². The average molecular weight is 406 g/mol. The summed E-state index contributed by atoms with van der Waals surface area (Å²) in [6.45, 7) is 9.84. The van der Waals surface area contributed by atoms with Crippen molar-refractivity contribution < 1.29 is 9.90 Å². The van der Waals surface area contributed by atoms with Crippen LogP contribution in [0.3, 0.4) is 0 Å². The smallest absolute Gasteiger partial charge is 0.246 e. The molecule has 1 aromatic heterocycles. The molecule has 1 atom stereocenters. The molecule has 0 bridgehead atoms. The van der Waals surface area contributed by atoms with Crippen LogP contribution in [0.5, 0.6) is 0 Å². The number of hydrogen-bond acceptors (Lipinski definition) is 3. The first-order valence-corrected chi connectivity index (χ1v) is 10.3. The highest BCUT2D eigenvalue weighted by Crippen LogP contribution is 2.35. The molecular weight excluding hydrogens is 374 g/mol. The van der Waals surface area contributed by atoms with Gasteiger partial charge in [-0.3, -0.25) is 4.79 Å². The Hall–Kier alpha value is -2.92. The van der Waals surface area contributed by atoms with Gasteiger partial charge in [0.1, 0.15) is 6.61 Å². The Balaban J connectivity index is 2.14. The van der Waals surface area contributed by atoms with E-state index in [1.807, 2.05) is 29.1 Å². The standard InChI is InChI=1S/C25H31N3O2/c1-17-11-12-18(2)22(13-17)28-15-20(24(25(3,4)5)26-23(30)16-29)21(27-28)14-19-9-7-6-8-10-19/h6-13,15,24,29H,14,16H2,1-5H3,(H,26,30)/t24-/m0/s1. The second-order valence-electron chi connectivity index (χ2n) is 8.95. The highest BCUT2D eigenvalue weighted by molar-refractivity contribution is 5.77. The molecule has 0 saturated heterocycles. The maximum absolute atomic E-state index is 12.1. The van der Waals surface area contributed by atoms with Crippen LogP contribution in [0.4, 0.5) is 0 Å². The Kier molecular flexibility index (Phi) is 6.42. The molecule has 0 radical (unpaired) electrons. The zero-order valence-electron chi connectivity index (χ0n) is 18.4. The molecule has 30 heavy (non-hydrogen) atoms. The summed E-state index contributed by atoms with van der Waals surface area (Å²) in [7, 11) is 0. The Morgan fingerprint density at radius 1 is 1.13 bits per heavy atom. The Labute approximate surface area is 178 Å². The third kappa shape index (κ3) is 4.97. The van der Waals surface area contributed by atoms with Gasteiger partial charge >= 0.3 is 0 Å². The van der Waals surface area contributed by atoms with Gasteiger partial charge < -0.3 is 10.4 Å². The van der Waals surface area contributed by atoms with Crippen LogP contribution in [0.15, 0.2) is 54.7 Å².